The lowest BCUT2D eigenvalue weighted by Gasteiger charge is -2.10. The zero-order valence-electron chi connectivity index (χ0n) is 9.75. The molecule has 0 amide bonds. The Morgan fingerprint density at radius 2 is 2.28 bits per heavy atom. The summed E-state index contributed by atoms with van der Waals surface area (Å²) in [5.41, 5.74) is 0.586. The molecule has 1 aromatic carbocycles. The number of nitrogens with zero attached hydrogens (tertiary/aromatic N) is 2. The molecule has 0 saturated heterocycles. The van der Waals surface area contributed by atoms with Crippen molar-refractivity contribution in [2.45, 2.75) is 13.0 Å². The molecule has 18 heavy (non-hydrogen) atoms. The van der Waals surface area contributed by atoms with Gasteiger partial charge in [0.1, 0.15) is 12.1 Å². The Bertz CT molecular complexity index is 584. The zero-order chi connectivity index (χ0) is 13.1. The van der Waals surface area contributed by atoms with Crippen molar-refractivity contribution in [2.24, 2.45) is 0 Å². The number of carboxylic acids is 1. The Labute approximate surface area is 103 Å². The highest BCUT2D eigenvalue weighted by atomic mass is 16.4. The van der Waals surface area contributed by atoms with Crippen LogP contribution in [0.1, 0.15) is 17.3 Å². The molecule has 2 N–H and O–H groups in total. The molecule has 1 heterocycles. The van der Waals surface area contributed by atoms with E-state index in [-0.39, 0.29) is 5.56 Å². The fraction of sp³-hybridized carbons (Fsp3) is 0.250. The maximum absolute atomic E-state index is 10.7. The molecule has 0 fully saturated rings. The summed E-state index contributed by atoms with van der Waals surface area (Å²) >= 11 is 0. The number of hydrogen-bond acceptors (Lipinski definition) is 6. The van der Waals surface area contributed by atoms with Gasteiger partial charge in [-0.3, -0.25) is 0 Å². The predicted octanol–water partition coefficient (Wildman–Crippen LogP) is -0.214. The molecule has 1 atom stereocenters. The summed E-state index contributed by atoms with van der Waals surface area (Å²) in [6, 6.07) is 4.49. The third kappa shape index (κ3) is 2.54. The summed E-state index contributed by atoms with van der Waals surface area (Å²) in [6.07, 6.45) is 0.837. The Morgan fingerprint density at radius 1 is 1.50 bits per heavy atom. The number of aromatic carboxylic acids is 1. The number of carbonyl (C=O) groups excluding carboxylic acids is 1. The van der Waals surface area contributed by atoms with Crippen LogP contribution in [0.4, 0.5) is 5.82 Å². The van der Waals surface area contributed by atoms with Crippen molar-refractivity contribution < 1.29 is 15.0 Å². The average molecular weight is 246 g/mol. The van der Waals surface area contributed by atoms with Gasteiger partial charge in [0.2, 0.25) is 0 Å². The Kier molecular flexibility index (Phi) is 3.38. The number of rotatable bonds is 4. The summed E-state index contributed by atoms with van der Waals surface area (Å²) < 4.78 is 0. The maximum atomic E-state index is 10.7. The first-order valence-corrected chi connectivity index (χ1v) is 5.46. The normalized spacial score (nSPS) is 12.3. The van der Waals surface area contributed by atoms with Gasteiger partial charge in [-0.15, -0.1) is 0 Å². The molecule has 0 saturated carbocycles. The van der Waals surface area contributed by atoms with Gasteiger partial charge in [0.25, 0.3) is 0 Å². The monoisotopic (exact) mass is 246 g/mol. The highest BCUT2D eigenvalue weighted by Gasteiger charge is 2.05. The smallest absolute Gasteiger partial charge is 0.137 e. The lowest BCUT2D eigenvalue weighted by molar-refractivity contribution is -0.255. The molecule has 0 spiro atoms. The van der Waals surface area contributed by atoms with Crippen LogP contribution < -0.4 is 10.4 Å². The van der Waals surface area contributed by atoms with Crippen LogP contribution in [-0.4, -0.2) is 33.7 Å². The highest BCUT2D eigenvalue weighted by molar-refractivity contribution is 5.95. The van der Waals surface area contributed by atoms with Crippen molar-refractivity contribution in [1.82, 2.24) is 9.97 Å². The third-order valence-corrected chi connectivity index (χ3v) is 2.44. The van der Waals surface area contributed by atoms with Crippen molar-refractivity contribution in [3.8, 4) is 0 Å². The summed E-state index contributed by atoms with van der Waals surface area (Å²) in [4.78, 5) is 18.8. The topological polar surface area (TPSA) is 98.2 Å². The van der Waals surface area contributed by atoms with Crippen LogP contribution in [0.15, 0.2) is 24.5 Å². The number of aliphatic hydroxyl groups is 1. The molecule has 0 radical (unpaired) electrons. The standard InChI is InChI=1S/C12H13N3O3/c1-7(16)5-13-11-9-3-2-8(12(17)18)4-10(9)14-6-15-11/h2-4,6-7,16H,5H2,1H3,(H,17,18)(H,13,14,15)/p-1/t7-/m0/s1. The number of hydrogen-bond donors (Lipinski definition) is 2. The summed E-state index contributed by atoms with van der Waals surface area (Å²) in [7, 11) is 0. The van der Waals surface area contributed by atoms with Crippen LogP contribution >= 0.6 is 0 Å². The van der Waals surface area contributed by atoms with Gasteiger partial charge in [0.15, 0.2) is 0 Å². The largest absolute Gasteiger partial charge is 0.545 e. The van der Waals surface area contributed by atoms with Crippen LogP contribution in [0.2, 0.25) is 0 Å². The SMILES string of the molecule is C[C@H](O)CNc1ncnc2cc(C(=O)[O-])ccc12. The Balaban J connectivity index is 2.40. The minimum atomic E-state index is -1.24. The van der Waals surface area contributed by atoms with Gasteiger partial charge in [-0.2, -0.15) is 0 Å². The number of benzene rings is 1. The van der Waals surface area contributed by atoms with E-state index in [0.29, 0.717) is 23.3 Å². The molecule has 6 heteroatoms. The molecule has 0 unspecified atom stereocenters. The van der Waals surface area contributed by atoms with Crippen LogP contribution in [0.25, 0.3) is 10.9 Å². The van der Waals surface area contributed by atoms with Crippen molar-refractivity contribution in [2.75, 3.05) is 11.9 Å². The maximum Gasteiger partial charge on any atom is 0.137 e. The Hall–Kier alpha value is -2.21. The molecule has 0 aliphatic heterocycles. The average Bonchev–Trinajstić information content (AvgIpc) is 2.35. The zero-order valence-corrected chi connectivity index (χ0v) is 9.75. The molecule has 94 valence electrons. The quantitative estimate of drug-likeness (QED) is 0.774. The van der Waals surface area contributed by atoms with Crippen molar-refractivity contribution in [3.63, 3.8) is 0 Å². The van der Waals surface area contributed by atoms with E-state index in [2.05, 4.69) is 15.3 Å². The van der Waals surface area contributed by atoms with E-state index in [1.807, 2.05) is 0 Å². The minimum absolute atomic E-state index is 0.0719. The first-order chi connectivity index (χ1) is 8.58. The number of carboxylic acid groups (broad SMARTS) is 1. The summed E-state index contributed by atoms with van der Waals surface area (Å²) in [5, 5.41) is 23.6. The van der Waals surface area contributed by atoms with E-state index in [1.54, 1.807) is 13.0 Å². The fourth-order valence-corrected chi connectivity index (χ4v) is 1.57. The number of fused-ring (bicyclic) bond motifs is 1. The molecule has 0 bridgehead atoms. The predicted molar refractivity (Wildman–Crippen MR) is 64.0 cm³/mol. The highest BCUT2D eigenvalue weighted by Crippen LogP contribution is 2.20. The van der Waals surface area contributed by atoms with Gasteiger partial charge in [0.05, 0.1) is 17.6 Å². The van der Waals surface area contributed by atoms with Gasteiger partial charge < -0.3 is 20.3 Å². The van der Waals surface area contributed by atoms with E-state index in [4.69, 9.17) is 0 Å². The van der Waals surface area contributed by atoms with E-state index in [0.717, 1.165) is 0 Å². The molecule has 2 rings (SSSR count). The van der Waals surface area contributed by atoms with E-state index < -0.39 is 12.1 Å². The van der Waals surface area contributed by atoms with Crippen LogP contribution in [0.5, 0.6) is 0 Å². The van der Waals surface area contributed by atoms with Crippen LogP contribution in [0, 0.1) is 0 Å². The molecule has 2 aromatic rings. The lowest BCUT2D eigenvalue weighted by Crippen LogP contribution is -2.22. The van der Waals surface area contributed by atoms with Crippen molar-refractivity contribution >= 4 is 22.7 Å². The molecule has 6 nitrogen and oxygen atoms in total. The van der Waals surface area contributed by atoms with Gasteiger partial charge in [0, 0.05) is 11.9 Å². The molecule has 0 aliphatic carbocycles. The fourth-order valence-electron chi connectivity index (χ4n) is 1.57. The molecular formula is C12H12N3O3-. The molecule has 0 aliphatic rings. The van der Waals surface area contributed by atoms with E-state index >= 15 is 0 Å². The first kappa shape index (κ1) is 12.3. The minimum Gasteiger partial charge on any atom is -0.545 e. The van der Waals surface area contributed by atoms with Crippen molar-refractivity contribution in [3.05, 3.63) is 30.1 Å². The Morgan fingerprint density at radius 3 is 2.94 bits per heavy atom. The number of nitrogens with one attached hydrogen (secondary N) is 1. The second-order valence-corrected chi connectivity index (χ2v) is 3.97. The first-order valence-electron chi connectivity index (χ1n) is 5.46. The second kappa shape index (κ2) is 4.97. The van der Waals surface area contributed by atoms with Gasteiger partial charge in [-0.25, -0.2) is 9.97 Å². The van der Waals surface area contributed by atoms with Gasteiger partial charge >= 0.3 is 0 Å². The third-order valence-electron chi connectivity index (χ3n) is 2.44. The summed E-state index contributed by atoms with van der Waals surface area (Å²) in [6.45, 7) is 2.01. The summed E-state index contributed by atoms with van der Waals surface area (Å²) in [5.74, 6) is -0.681. The molecular weight excluding hydrogens is 234 g/mol. The van der Waals surface area contributed by atoms with Crippen molar-refractivity contribution in [1.29, 1.82) is 0 Å². The second-order valence-electron chi connectivity index (χ2n) is 3.97. The number of aliphatic hydroxyl groups excluding tert-OH is 1. The van der Waals surface area contributed by atoms with E-state index in [1.165, 1.54) is 18.5 Å². The number of carbonyl (C=O) groups is 1. The number of anilines is 1. The number of aromatic nitrogens is 2. The molecule has 1 aromatic heterocycles. The van der Waals surface area contributed by atoms with Crippen LogP contribution in [0.3, 0.4) is 0 Å². The van der Waals surface area contributed by atoms with E-state index in [9.17, 15) is 15.0 Å². The van der Waals surface area contributed by atoms with Gasteiger partial charge in [-0.1, -0.05) is 6.07 Å². The van der Waals surface area contributed by atoms with Gasteiger partial charge in [-0.05, 0) is 24.6 Å². The van der Waals surface area contributed by atoms with Crippen LogP contribution in [-0.2, 0) is 0 Å². The lowest BCUT2D eigenvalue weighted by atomic mass is 10.1.